The molecule has 3 nitrogen and oxygen atoms in total. The molecule has 0 spiro atoms. The number of halogens is 3. The fraction of sp³-hybridized carbons (Fsp3) is 0.333. The number of aromatic nitrogens is 1. The molecule has 0 bridgehead atoms. The van der Waals surface area contributed by atoms with Gasteiger partial charge < -0.3 is 4.74 Å². The SMILES string of the molecule is O=Cc1cc(OC2CCCC2)cc(-c2ccc(C(F)(F)F)nc2)c1. The second kappa shape index (κ2) is 6.63. The van der Waals surface area contributed by atoms with Crippen LogP contribution in [0.2, 0.25) is 0 Å². The first-order valence-corrected chi connectivity index (χ1v) is 7.76. The molecule has 126 valence electrons. The molecule has 1 aliphatic carbocycles. The molecule has 0 aliphatic heterocycles. The predicted octanol–water partition coefficient (Wildman–Crippen LogP) is 4.90. The molecule has 1 saturated carbocycles. The molecular weight excluding hydrogens is 319 g/mol. The molecule has 24 heavy (non-hydrogen) atoms. The van der Waals surface area contributed by atoms with Crippen LogP contribution in [0.3, 0.4) is 0 Å². The fourth-order valence-electron chi connectivity index (χ4n) is 2.86. The topological polar surface area (TPSA) is 39.2 Å². The van der Waals surface area contributed by atoms with E-state index in [0.717, 1.165) is 37.9 Å². The molecular formula is C18H16F3NO2. The number of rotatable bonds is 4. The van der Waals surface area contributed by atoms with Gasteiger partial charge in [0.15, 0.2) is 0 Å². The van der Waals surface area contributed by atoms with E-state index in [9.17, 15) is 18.0 Å². The van der Waals surface area contributed by atoms with Gasteiger partial charge in [-0.1, -0.05) is 6.07 Å². The summed E-state index contributed by atoms with van der Waals surface area (Å²) in [4.78, 5) is 14.6. The van der Waals surface area contributed by atoms with E-state index in [1.165, 1.54) is 6.07 Å². The van der Waals surface area contributed by atoms with Crippen LogP contribution in [0, 0.1) is 0 Å². The predicted molar refractivity (Wildman–Crippen MR) is 82.9 cm³/mol. The van der Waals surface area contributed by atoms with Crippen molar-refractivity contribution in [3.63, 3.8) is 0 Å². The van der Waals surface area contributed by atoms with E-state index in [1.54, 1.807) is 18.2 Å². The number of ether oxygens (including phenoxy) is 1. The van der Waals surface area contributed by atoms with E-state index in [2.05, 4.69) is 4.98 Å². The first kappa shape index (κ1) is 16.5. The van der Waals surface area contributed by atoms with Crippen molar-refractivity contribution in [1.82, 2.24) is 4.98 Å². The second-order valence-electron chi connectivity index (χ2n) is 5.86. The van der Waals surface area contributed by atoms with Crippen LogP contribution in [0.1, 0.15) is 41.7 Å². The lowest BCUT2D eigenvalue weighted by Gasteiger charge is -2.15. The number of pyridine rings is 1. The van der Waals surface area contributed by atoms with Gasteiger partial charge in [0.05, 0.1) is 6.10 Å². The normalized spacial score (nSPS) is 15.5. The number of carbonyl (C=O) groups is 1. The molecule has 1 fully saturated rings. The van der Waals surface area contributed by atoms with Crippen LogP contribution in [-0.4, -0.2) is 17.4 Å². The van der Waals surface area contributed by atoms with Crippen molar-refractivity contribution in [3.05, 3.63) is 47.8 Å². The lowest BCUT2D eigenvalue weighted by atomic mass is 10.0. The number of nitrogens with zero attached hydrogens (tertiary/aromatic N) is 1. The molecule has 1 aliphatic rings. The van der Waals surface area contributed by atoms with Gasteiger partial charge in [-0.25, -0.2) is 0 Å². The molecule has 0 atom stereocenters. The molecule has 0 radical (unpaired) electrons. The lowest BCUT2D eigenvalue weighted by molar-refractivity contribution is -0.141. The van der Waals surface area contributed by atoms with Gasteiger partial charge in [-0.15, -0.1) is 0 Å². The molecule has 1 aromatic carbocycles. The van der Waals surface area contributed by atoms with Crippen LogP contribution in [0.4, 0.5) is 13.2 Å². The van der Waals surface area contributed by atoms with E-state index in [-0.39, 0.29) is 6.10 Å². The van der Waals surface area contributed by atoms with Crippen LogP contribution in [0.5, 0.6) is 5.75 Å². The summed E-state index contributed by atoms with van der Waals surface area (Å²) in [5, 5.41) is 0. The van der Waals surface area contributed by atoms with Gasteiger partial charge in [-0.05, 0) is 55.5 Å². The highest BCUT2D eigenvalue weighted by Gasteiger charge is 2.32. The Morgan fingerprint density at radius 2 is 1.83 bits per heavy atom. The van der Waals surface area contributed by atoms with Crippen LogP contribution in [0.15, 0.2) is 36.5 Å². The lowest BCUT2D eigenvalue weighted by Crippen LogP contribution is -2.11. The average Bonchev–Trinajstić information content (AvgIpc) is 3.07. The minimum atomic E-state index is -4.47. The zero-order valence-corrected chi connectivity index (χ0v) is 12.8. The minimum Gasteiger partial charge on any atom is -0.490 e. The van der Waals surface area contributed by atoms with Gasteiger partial charge in [0.1, 0.15) is 17.7 Å². The zero-order chi connectivity index (χ0) is 17.2. The molecule has 6 heteroatoms. The van der Waals surface area contributed by atoms with Crippen molar-refractivity contribution in [2.45, 2.75) is 38.0 Å². The first-order chi connectivity index (χ1) is 11.5. The maximum Gasteiger partial charge on any atom is 0.433 e. The average molecular weight is 335 g/mol. The van der Waals surface area contributed by atoms with Gasteiger partial charge in [-0.2, -0.15) is 13.2 Å². The van der Waals surface area contributed by atoms with E-state index in [0.29, 0.717) is 28.7 Å². The van der Waals surface area contributed by atoms with Crippen molar-refractivity contribution < 1.29 is 22.7 Å². The summed E-state index contributed by atoms with van der Waals surface area (Å²) in [6, 6.07) is 7.26. The van der Waals surface area contributed by atoms with Crippen molar-refractivity contribution in [1.29, 1.82) is 0 Å². The molecule has 0 saturated heterocycles. The quantitative estimate of drug-likeness (QED) is 0.746. The number of hydrogen-bond donors (Lipinski definition) is 0. The Kier molecular flexibility index (Phi) is 4.55. The molecule has 1 aromatic heterocycles. The molecule has 0 N–H and O–H groups in total. The number of carbonyl (C=O) groups excluding carboxylic acids is 1. The van der Waals surface area contributed by atoms with Gasteiger partial charge in [0.25, 0.3) is 0 Å². The summed E-state index contributed by atoms with van der Waals surface area (Å²) < 4.78 is 43.7. The van der Waals surface area contributed by atoms with Crippen molar-refractivity contribution in [2.75, 3.05) is 0 Å². The van der Waals surface area contributed by atoms with Crippen LogP contribution >= 0.6 is 0 Å². The zero-order valence-electron chi connectivity index (χ0n) is 12.8. The monoisotopic (exact) mass is 335 g/mol. The number of alkyl halides is 3. The van der Waals surface area contributed by atoms with Crippen LogP contribution in [0.25, 0.3) is 11.1 Å². The summed E-state index contributed by atoms with van der Waals surface area (Å²) in [5.41, 5.74) is 0.581. The maximum absolute atomic E-state index is 12.6. The first-order valence-electron chi connectivity index (χ1n) is 7.76. The van der Waals surface area contributed by atoms with Gasteiger partial charge in [-0.3, -0.25) is 9.78 Å². The van der Waals surface area contributed by atoms with Crippen LogP contribution in [-0.2, 0) is 6.18 Å². The standard InChI is InChI=1S/C18H16F3NO2/c19-18(20,21)17-6-5-13(10-22-17)14-7-12(11-23)8-16(9-14)24-15-3-1-2-4-15/h5-11,15H,1-4H2. The van der Waals surface area contributed by atoms with Gasteiger partial charge in [0.2, 0.25) is 0 Å². The largest absolute Gasteiger partial charge is 0.490 e. The van der Waals surface area contributed by atoms with E-state index >= 15 is 0 Å². The minimum absolute atomic E-state index is 0.130. The highest BCUT2D eigenvalue weighted by Crippen LogP contribution is 2.31. The highest BCUT2D eigenvalue weighted by atomic mass is 19.4. The Balaban J connectivity index is 1.90. The van der Waals surface area contributed by atoms with E-state index in [1.807, 2.05) is 0 Å². The van der Waals surface area contributed by atoms with E-state index < -0.39 is 11.9 Å². The number of hydrogen-bond acceptors (Lipinski definition) is 3. The Morgan fingerprint density at radius 1 is 1.08 bits per heavy atom. The van der Waals surface area contributed by atoms with Crippen molar-refractivity contribution >= 4 is 6.29 Å². The molecule has 0 amide bonds. The maximum atomic E-state index is 12.6. The summed E-state index contributed by atoms with van der Waals surface area (Å²) in [6.45, 7) is 0. The third-order valence-corrected chi connectivity index (χ3v) is 4.06. The summed E-state index contributed by atoms with van der Waals surface area (Å²) in [7, 11) is 0. The fourth-order valence-corrected chi connectivity index (χ4v) is 2.86. The molecule has 1 heterocycles. The highest BCUT2D eigenvalue weighted by molar-refractivity contribution is 5.80. The van der Waals surface area contributed by atoms with E-state index in [4.69, 9.17) is 4.74 Å². The Bertz CT molecular complexity index is 720. The summed E-state index contributed by atoms with van der Waals surface area (Å²) in [6.07, 6.45) is 1.70. The van der Waals surface area contributed by atoms with Gasteiger partial charge in [0, 0.05) is 17.3 Å². The Hall–Kier alpha value is -2.37. The third-order valence-electron chi connectivity index (χ3n) is 4.06. The third kappa shape index (κ3) is 3.75. The molecule has 2 aromatic rings. The van der Waals surface area contributed by atoms with Crippen molar-refractivity contribution in [2.24, 2.45) is 0 Å². The van der Waals surface area contributed by atoms with Crippen LogP contribution < -0.4 is 4.74 Å². The van der Waals surface area contributed by atoms with Crippen molar-refractivity contribution in [3.8, 4) is 16.9 Å². The number of benzene rings is 1. The second-order valence-corrected chi connectivity index (χ2v) is 5.86. The Labute approximate surface area is 137 Å². The molecule has 0 unspecified atom stereocenters. The summed E-state index contributed by atoms with van der Waals surface area (Å²) in [5.74, 6) is 0.557. The number of aldehydes is 1. The Morgan fingerprint density at radius 3 is 2.42 bits per heavy atom. The van der Waals surface area contributed by atoms with Gasteiger partial charge >= 0.3 is 6.18 Å². The summed E-state index contributed by atoms with van der Waals surface area (Å²) >= 11 is 0. The smallest absolute Gasteiger partial charge is 0.433 e. The molecule has 3 rings (SSSR count).